The lowest BCUT2D eigenvalue weighted by Crippen LogP contribution is -2.52. The van der Waals surface area contributed by atoms with Crippen LogP contribution in [0.5, 0.6) is 5.75 Å². The highest BCUT2D eigenvalue weighted by atomic mass is 32.2. The summed E-state index contributed by atoms with van der Waals surface area (Å²) in [6.45, 7) is 6.73. The Morgan fingerprint density at radius 2 is 1.90 bits per heavy atom. The van der Waals surface area contributed by atoms with Crippen LogP contribution in [0.4, 0.5) is 0 Å². The standard InChI is InChI=1S/C24H33NO4S/c1-4-25(5-2)30(27,28)29-18-7-8-19-17(16-18)6-9-21-20(19)10-11-22(3)23(21)12-14-24(22,26)15-13-23/h7-8,12,14,16,20-21,26H,4-6,9-11,13,15H2,1-3H3/t20?,21?,22-,23-,24-/m0/s1. The number of fused-ring (bicyclic) bond motifs is 3. The summed E-state index contributed by atoms with van der Waals surface area (Å²) < 4.78 is 31.8. The molecule has 5 nitrogen and oxygen atoms in total. The number of aliphatic hydroxyl groups is 1. The minimum Gasteiger partial charge on any atom is -0.385 e. The molecule has 0 amide bonds. The maximum atomic E-state index is 12.5. The molecule has 0 aliphatic heterocycles. The van der Waals surface area contributed by atoms with Crippen molar-refractivity contribution < 1.29 is 17.7 Å². The molecule has 2 fully saturated rings. The summed E-state index contributed by atoms with van der Waals surface area (Å²) in [4.78, 5) is 0. The van der Waals surface area contributed by atoms with Gasteiger partial charge in [-0.3, -0.25) is 0 Å². The number of hydrogen-bond donors (Lipinski definition) is 1. The van der Waals surface area contributed by atoms with Gasteiger partial charge in [0, 0.05) is 23.9 Å². The van der Waals surface area contributed by atoms with Gasteiger partial charge in [-0.1, -0.05) is 39.0 Å². The van der Waals surface area contributed by atoms with Gasteiger partial charge in [-0.15, -0.1) is 0 Å². The molecule has 5 rings (SSSR count). The van der Waals surface area contributed by atoms with Crippen molar-refractivity contribution in [3.8, 4) is 5.75 Å². The van der Waals surface area contributed by atoms with E-state index in [1.807, 2.05) is 26.0 Å². The molecule has 5 atom stereocenters. The normalized spacial score (nSPS) is 39.0. The Labute approximate surface area is 180 Å². The first-order valence-corrected chi connectivity index (χ1v) is 12.8. The van der Waals surface area contributed by atoms with Crippen LogP contribution in [0.1, 0.15) is 69.9 Å². The van der Waals surface area contributed by atoms with Gasteiger partial charge in [-0.05, 0) is 73.6 Å². The van der Waals surface area contributed by atoms with E-state index >= 15 is 0 Å². The minimum atomic E-state index is -3.76. The summed E-state index contributed by atoms with van der Waals surface area (Å²) >= 11 is 0. The van der Waals surface area contributed by atoms with E-state index in [0.29, 0.717) is 30.7 Å². The van der Waals surface area contributed by atoms with Crippen LogP contribution in [0.2, 0.25) is 0 Å². The van der Waals surface area contributed by atoms with E-state index in [0.717, 1.165) is 38.5 Å². The molecule has 6 heteroatoms. The number of benzene rings is 1. The Bertz CT molecular complexity index is 1000. The molecule has 4 aliphatic rings. The van der Waals surface area contributed by atoms with Crippen LogP contribution in [-0.2, 0) is 16.7 Å². The molecule has 4 aliphatic carbocycles. The highest BCUT2D eigenvalue weighted by Gasteiger charge is 2.70. The summed E-state index contributed by atoms with van der Waals surface area (Å²) in [5, 5.41) is 11.2. The van der Waals surface area contributed by atoms with E-state index in [-0.39, 0.29) is 10.8 Å². The Morgan fingerprint density at radius 1 is 1.13 bits per heavy atom. The zero-order chi connectivity index (χ0) is 21.4. The van der Waals surface area contributed by atoms with Gasteiger partial charge < -0.3 is 9.29 Å². The fraction of sp³-hybridized carbons (Fsp3) is 0.667. The lowest BCUT2D eigenvalue weighted by atomic mass is 9.48. The molecular formula is C24H33NO4S. The topological polar surface area (TPSA) is 66.8 Å². The fourth-order valence-corrected chi connectivity index (χ4v) is 8.50. The Hall–Kier alpha value is -1.37. The van der Waals surface area contributed by atoms with E-state index in [2.05, 4.69) is 25.1 Å². The molecule has 0 aromatic heterocycles. The predicted molar refractivity (Wildman–Crippen MR) is 117 cm³/mol. The molecular weight excluding hydrogens is 398 g/mol. The minimum absolute atomic E-state index is 0.0421. The third kappa shape index (κ3) is 2.50. The maximum absolute atomic E-state index is 12.5. The van der Waals surface area contributed by atoms with E-state index in [4.69, 9.17) is 4.18 Å². The van der Waals surface area contributed by atoms with Crippen molar-refractivity contribution in [3.63, 3.8) is 0 Å². The first-order chi connectivity index (χ1) is 14.2. The molecule has 2 saturated carbocycles. The third-order valence-electron chi connectivity index (χ3n) is 9.12. The molecule has 164 valence electrons. The lowest BCUT2D eigenvalue weighted by Gasteiger charge is -2.56. The van der Waals surface area contributed by atoms with Crippen molar-refractivity contribution in [1.82, 2.24) is 4.31 Å². The Balaban J connectivity index is 1.44. The highest BCUT2D eigenvalue weighted by molar-refractivity contribution is 7.84. The number of hydrogen-bond acceptors (Lipinski definition) is 4. The smallest absolute Gasteiger partial charge is 0.385 e. The SMILES string of the molecule is CCN(CC)S(=O)(=O)Oc1ccc2c(c1)CCC1C2CC[C@@]2(C)[C@]13C=C[C@]2(O)CC3. The average Bonchev–Trinajstić information content (AvgIpc) is 3.09. The zero-order valence-corrected chi connectivity index (χ0v) is 19.0. The molecule has 0 saturated heterocycles. The number of allylic oxidation sites excluding steroid dienone is 1. The first-order valence-electron chi connectivity index (χ1n) is 11.4. The lowest BCUT2D eigenvalue weighted by molar-refractivity contribution is -0.0870. The Kier molecular flexibility index (Phi) is 4.49. The summed E-state index contributed by atoms with van der Waals surface area (Å²) in [5.74, 6) is 1.43. The largest absolute Gasteiger partial charge is 0.385 e. The summed E-state index contributed by atoms with van der Waals surface area (Å²) in [5.41, 5.74) is 2.00. The summed E-state index contributed by atoms with van der Waals surface area (Å²) in [6, 6.07) is 5.86. The first kappa shape index (κ1) is 20.5. The van der Waals surface area contributed by atoms with Crippen molar-refractivity contribution in [3.05, 3.63) is 41.5 Å². The van der Waals surface area contributed by atoms with Gasteiger partial charge >= 0.3 is 10.3 Å². The third-order valence-corrected chi connectivity index (χ3v) is 10.7. The monoisotopic (exact) mass is 431 g/mol. The summed E-state index contributed by atoms with van der Waals surface area (Å²) in [7, 11) is -3.76. The van der Waals surface area contributed by atoms with Crippen LogP contribution in [0.3, 0.4) is 0 Å². The Morgan fingerprint density at radius 3 is 2.57 bits per heavy atom. The van der Waals surface area contributed by atoms with Gasteiger partial charge in [0.05, 0.1) is 5.60 Å². The fourth-order valence-electron chi connectivity index (χ4n) is 7.41. The molecule has 0 radical (unpaired) electrons. The van der Waals surface area contributed by atoms with Crippen LogP contribution in [0.15, 0.2) is 30.4 Å². The van der Waals surface area contributed by atoms with Crippen molar-refractivity contribution in [2.75, 3.05) is 13.1 Å². The van der Waals surface area contributed by atoms with Crippen molar-refractivity contribution in [1.29, 1.82) is 0 Å². The van der Waals surface area contributed by atoms with Gasteiger partial charge in [-0.25, -0.2) is 0 Å². The molecule has 1 N–H and O–H groups in total. The highest BCUT2D eigenvalue weighted by Crippen LogP contribution is 2.74. The number of aryl methyl sites for hydroxylation is 1. The van der Waals surface area contributed by atoms with Gasteiger partial charge in [-0.2, -0.15) is 12.7 Å². The van der Waals surface area contributed by atoms with Crippen LogP contribution in [0.25, 0.3) is 0 Å². The van der Waals surface area contributed by atoms with Gasteiger partial charge in [0.1, 0.15) is 5.75 Å². The van der Waals surface area contributed by atoms with Crippen LogP contribution >= 0.6 is 0 Å². The maximum Gasteiger partial charge on any atom is 0.385 e. The number of nitrogens with zero attached hydrogens (tertiary/aromatic N) is 1. The molecule has 0 spiro atoms. The zero-order valence-electron chi connectivity index (χ0n) is 18.2. The van der Waals surface area contributed by atoms with Crippen molar-refractivity contribution in [2.45, 2.75) is 70.8 Å². The van der Waals surface area contributed by atoms with E-state index in [1.54, 1.807) is 0 Å². The van der Waals surface area contributed by atoms with Gasteiger partial charge in [0.25, 0.3) is 0 Å². The van der Waals surface area contributed by atoms with Crippen molar-refractivity contribution in [2.24, 2.45) is 16.7 Å². The van der Waals surface area contributed by atoms with Crippen molar-refractivity contribution >= 4 is 10.3 Å². The van der Waals surface area contributed by atoms with E-state index in [1.165, 1.54) is 15.4 Å². The second kappa shape index (κ2) is 6.57. The molecule has 2 bridgehead atoms. The quantitative estimate of drug-likeness (QED) is 0.710. The van der Waals surface area contributed by atoms with Crippen LogP contribution in [-0.4, -0.2) is 36.5 Å². The second-order valence-corrected chi connectivity index (χ2v) is 11.4. The van der Waals surface area contributed by atoms with Gasteiger partial charge in [0.2, 0.25) is 0 Å². The average molecular weight is 432 g/mol. The molecule has 30 heavy (non-hydrogen) atoms. The van der Waals surface area contributed by atoms with E-state index < -0.39 is 15.9 Å². The molecule has 1 aromatic rings. The van der Waals surface area contributed by atoms with Crippen LogP contribution < -0.4 is 4.18 Å². The second-order valence-electron chi connectivity index (χ2n) is 9.91. The predicted octanol–water partition coefficient (Wildman–Crippen LogP) is 4.18. The molecule has 1 aromatic carbocycles. The molecule has 2 unspecified atom stereocenters. The number of rotatable bonds is 5. The van der Waals surface area contributed by atoms with Crippen LogP contribution in [0, 0.1) is 16.7 Å². The van der Waals surface area contributed by atoms with E-state index in [9.17, 15) is 13.5 Å². The summed E-state index contributed by atoms with van der Waals surface area (Å²) in [6.07, 6.45) is 10.5. The molecule has 0 heterocycles. The van der Waals surface area contributed by atoms with Gasteiger partial charge in [0.15, 0.2) is 0 Å².